The van der Waals surface area contributed by atoms with Crippen LogP contribution in [0.4, 0.5) is 10.5 Å². The van der Waals surface area contributed by atoms with Crippen LogP contribution < -0.4 is 15.0 Å². The topological polar surface area (TPSA) is 44.8 Å². The highest BCUT2D eigenvalue weighted by Crippen LogP contribution is 2.31. The van der Waals surface area contributed by atoms with E-state index in [0.717, 1.165) is 28.1 Å². The van der Waals surface area contributed by atoms with Crippen LogP contribution >= 0.6 is 0 Å². The minimum Gasteiger partial charge on any atom is -0.457 e. The second-order valence-corrected chi connectivity index (χ2v) is 6.82. The highest BCUT2D eigenvalue weighted by atomic mass is 16.5. The van der Waals surface area contributed by atoms with Gasteiger partial charge in [0.15, 0.2) is 0 Å². The van der Waals surface area contributed by atoms with Gasteiger partial charge in [0.25, 0.3) is 0 Å². The number of fused-ring (bicyclic) bond motifs is 1. The van der Waals surface area contributed by atoms with Crippen molar-refractivity contribution in [2.24, 2.45) is 0 Å². The van der Waals surface area contributed by atoms with Crippen LogP contribution in [0.3, 0.4) is 0 Å². The van der Waals surface area contributed by atoms with E-state index in [1.165, 1.54) is 5.39 Å². The zero-order valence-electron chi connectivity index (χ0n) is 16.1. The molecule has 0 radical (unpaired) electrons. The molecule has 0 spiro atoms. The third-order valence-electron chi connectivity index (χ3n) is 4.82. The Bertz CT molecular complexity index is 1040. The van der Waals surface area contributed by atoms with E-state index in [4.69, 9.17) is 4.74 Å². The minimum atomic E-state index is -0.0406. The summed E-state index contributed by atoms with van der Waals surface area (Å²) in [6.45, 7) is 1.21. The van der Waals surface area contributed by atoms with Gasteiger partial charge < -0.3 is 15.0 Å². The Hall–Kier alpha value is -3.31. The predicted molar refractivity (Wildman–Crippen MR) is 113 cm³/mol. The lowest BCUT2D eigenvalue weighted by atomic mass is 10.1. The van der Waals surface area contributed by atoms with Crippen LogP contribution in [-0.4, -0.2) is 31.6 Å². The Kier molecular flexibility index (Phi) is 5.00. The van der Waals surface area contributed by atoms with E-state index >= 15 is 0 Å². The fraction of sp³-hybridized carbons (Fsp3) is 0.174. The molecule has 0 saturated heterocycles. The first-order chi connectivity index (χ1) is 13.7. The van der Waals surface area contributed by atoms with Crippen LogP contribution in [0, 0.1) is 0 Å². The second kappa shape index (κ2) is 7.74. The van der Waals surface area contributed by atoms with Gasteiger partial charge in [-0.05, 0) is 54.2 Å². The molecule has 0 bridgehead atoms. The normalized spacial score (nSPS) is 14.0. The lowest BCUT2D eigenvalue weighted by Crippen LogP contribution is -2.42. The lowest BCUT2D eigenvalue weighted by Gasteiger charge is -2.29. The van der Waals surface area contributed by atoms with Gasteiger partial charge in [0.05, 0.1) is 0 Å². The number of hydrogen-bond donors (Lipinski definition) is 1. The molecule has 1 aliphatic heterocycles. The Morgan fingerprint density at radius 1 is 1.04 bits per heavy atom. The molecule has 0 atom stereocenters. The third-order valence-corrected chi connectivity index (χ3v) is 4.82. The monoisotopic (exact) mass is 373 g/mol. The summed E-state index contributed by atoms with van der Waals surface area (Å²) in [4.78, 5) is 15.8. The van der Waals surface area contributed by atoms with E-state index in [1.54, 1.807) is 23.0 Å². The molecule has 0 saturated carbocycles. The fourth-order valence-electron chi connectivity index (χ4n) is 3.38. The van der Waals surface area contributed by atoms with E-state index in [9.17, 15) is 4.79 Å². The number of anilines is 1. The van der Waals surface area contributed by atoms with Gasteiger partial charge in [0, 0.05) is 37.6 Å². The zero-order valence-corrected chi connectivity index (χ0v) is 16.1. The van der Waals surface area contributed by atoms with Crippen molar-refractivity contribution in [3.8, 4) is 11.5 Å². The van der Waals surface area contributed by atoms with Crippen LogP contribution in [0.5, 0.6) is 11.5 Å². The van der Waals surface area contributed by atoms with Gasteiger partial charge in [-0.15, -0.1) is 0 Å². The Labute approximate surface area is 164 Å². The molecule has 1 heterocycles. The molecule has 0 aliphatic carbocycles. The molecular weight excluding hydrogens is 350 g/mol. The molecule has 5 heteroatoms. The van der Waals surface area contributed by atoms with Gasteiger partial charge in [0.1, 0.15) is 11.5 Å². The SMILES string of the molecule is CNCc1cc(N2CC=CN(C)C2=O)ccc1Oc1ccc2ccccc2c1. The summed E-state index contributed by atoms with van der Waals surface area (Å²) >= 11 is 0. The molecule has 0 aromatic heterocycles. The number of nitrogens with one attached hydrogen (secondary N) is 1. The lowest BCUT2D eigenvalue weighted by molar-refractivity contribution is 0.227. The number of carbonyl (C=O) groups is 1. The largest absolute Gasteiger partial charge is 0.457 e. The molecule has 1 aliphatic rings. The predicted octanol–water partition coefficient (Wildman–Crippen LogP) is 4.74. The number of rotatable bonds is 5. The van der Waals surface area contributed by atoms with E-state index in [0.29, 0.717) is 13.1 Å². The van der Waals surface area contributed by atoms with Crippen molar-refractivity contribution in [1.29, 1.82) is 0 Å². The Balaban J connectivity index is 1.64. The van der Waals surface area contributed by atoms with Crippen LogP contribution in [0.25, 0.3) is 10.8 Å². The van der Waals surface area contributed by atoms with Crippen molar-refractivity contribution in [1.82, 2.24) is 10.2 Å². The maximum absolute atomic E-state index is 12.4. The van der Waals surface area contributed by atoms with Crippen molar-refractivity contribution in [2.75, 3.05) is 25.5 Å². The summed E-state index contributed by atoms with van der Waals surface area (Å²) in [5.41, 5.74) is 1.86. The van der Waals surface area contributed by atoms with Gasteiger partial charge >= 0.3 is 6.03 Å². The first-order valence-corrected chi connectivity index (χ1v) is 9.31. The van der Waals surface area contributed by atoms with Gasteiger partial charge in [-0.25, -0.2) is 4.79 Å². The molecule has 142 valence electrons. The van der Waals surface area contributed by atoms with E-state index in [1.807, 2.05) is 55.6 Å². The molecule has 0 fully saturated rings. The number of ether oxygens (including phenoxy) is 1. The average Bonchev–Trinajstić information content (AvgIpc) is 2.71. The summed E-state index contributed by atoms with van der Waals surface area (Å²) in [5, 5.41) is 5.50. The average molecular weight is 373 g/mol. The summed E-state index contributed by atoms with van der Waals surface area (Å²) in [7, 11) is 3.66. The molecule has 3 aromatic rings. The molecule has 4 rings (SSSR count). The quantitative estimate of drug-likeness (QED) is 0.703. The van der Waals surface area contributed by atoms with Crippen molar-refractivity contribution in [3.05, 3.63) is 78.5 Å². The summed E-state index contributed by atoms with van der Waals surface area (Å²) in [6.07, 6.45) is 3.77. The van der Waals surface area contributed by atoms with Crippen molar-refractivity contribution >= 4 is 22.5 Å². The molecule has 3 aromatic carbocycles. The van der Waals surface area contributed by atoms with Gasteiger partial charge in [0.2, 0.25) is 0 Å². The molecule has 28 heavy (non-hydrogen) atoms. The summed E-state index contributed by atoms with van der Waals surface area (Å²) in [6, 6.07) is 20.1. The number of benzene rings is 3. The van der Waals surface area contributed by atoms with Crippen molar-refractivity contribution in [3.63, 3.8) is 0 Å². The van der Waals surface area contributed by atoms with Crippen LogP contribution in [0.15, 0.2) is 72.9 Å². The zero-order chi connectivity index (χ0) is 19.5. The first kappa shape index (κ1) is 18.1. The number of amides is 2. The highest BCUT2D eigenvalue weighted by molar-refractivity contribution is 5.94. The molecule has 5 nitrogen and oxygen atoms in total. The minimum absolute atomic E-state index is 0.0406. The summed E-state index contributed by atoms with van der Waals surface area (Å²) in [5.74, 6) is 1.57. The van der Waals surface area contributed by atoms with E-state index < -0.39 is 0 Å². The number of hydrogen-bond acceptors (Lipinski definition) is 3. The Morgan fingerprint density at radius 2 is 1.86 bits per heavy atom. The molecule has 2 amide bonds. The standard InChI is InChI=1S/C23H23N3O2/c1-24-16-19-14-20(26-13-5-12-25(2)23(26)27)9-11-22(19)28-21-10-8-17-6-3-4-7-18(17)15-21/h3-12,14-15,24H,13,16H2,1-2H3. The number of nitrogens with zero attached hydrogens (tertiary/aromatic N) is 2. The van der Waals surface area contributed by atoms with Gasteiger partial charge in [-0.3, -0.25) is 4.90 Å². The third kappa shape index (κ3) is 3.57. The maximum atomic E-state index is 12.4. The fourth-order valence-corrected chi connectivity index (χ4v) is 3.38. The second-order valence-electron chi connectivity index (χ2n) is 6.82. The number of urea groups is 1. The maximum Gasteiger partial charge on any atom is 0.328 e. The molecule has 1 N–H and O–H groups in total. The van der Waals surface area contributed by atoms with Crippen LogP contribution in [0.1, 0.15) is 5.56 Å². The van der Waals surface area contributed by atoms with E-state index in [2.05, 4.69) is 23.5 Å². The van der Waals surface area contributed by atoms with Crippen LogP contribution in [-0.2, 0) is 6.54 Å². The van der Waals surface area contributed by atoms with E-state index in [-0.39, 0.29) is 6.03 Å². The summed E-state index contributed by atoms with van der Waals surface area (Å²) < 4.78 is 6.19. The van der Waals surface area contributed by atoms with Crippen LogP contribution in [0.2, 0.25) is 0 Å². The van der Waals surface area contributed by atoms with Gasteiger partial charge in [-0.2, -0.15) is 0 Å². The van der Waals surface area contributed by atoms with Gasteiger partial charge in [-0.1, -0.05) is 30.3 Å². The van der Waals surface area contributed by atoms with Crippen molar-refractivity contribution < 1.29 is 9.53 Å². The number of carbonyl (C=O) groups excluding carboxylic acids is 1. The van der Waals surface area contributed by atoms with Crippen molar-refractivity contribution in [2.45, 2.75) is 6.54 Å². The Morgan fingerprint density at radius 3 is 2.68 bits per heavy atom. The highest BCUT2D eigenvalue weighted by Gasteiger charge is 2.21. The first-order valence-electron chi connectivity index (χ1n) is 9.31. The molecule has 0 unspecified atom stereocenters. The molecular formula is C23H23N3O2. The smallest absolute Gasteiger partial charge is 0.328 e.